The van der Waals surface area contributed by atoms with Crippen molar-refractivity contribution in [1.29, 1.82) is 0 Å². The van der Waals surface area contributed by atoms with Crippen LogP contribution in [0.25, 0.3) is 10.2 Å². The fraction of sp³-hybridized carbons (Fsp3) is 0.0455. The molecule has 0 saturated carbocycles. The van der Waals surface area contributed by atoms with Gasteiger partial charge in [-0.25, -0.2) is 4.98 Å². The molecule has 144 valence electrons. The molecule has 0 unspecified atom stereocenters. The summed E-state index contributed by atoms with van der Waals surface area (Å²) in [4.78, 5) is 29.4. The van der Waals surface area contributed by atoms with Crippen LogP contribution in [-0.2, 0) is 0 Å². The van der Waals surface area contributed by atoms with Gasteiger partial charge in [-0.15, -0.1) is 0 Å². The Morgan fingerprint density at radius 2 is 1.55 bits per heavy atom. The Bertz CT molecular complexity index is 1200. The number of benzene rings is 3. The topological polar surface area (TPSA) is 71.1 Å². The smallest absolute Gasteiger partial charge is 0.257 e. The number of rotatable bonds is 4. The van der Waals surface area contributed by atoms with E-state index < -0.39 is 0 Å². The molecule has 0 aliphatic carbocycles. The summed E-state index contributed by atoms with van der Waals surface area (Å²) in [6, 6.07) is 19.9. The molecule has 7 heteroatoms. The molecule has 0 aliphatic heterocycles. The van der Waals surface area contributed by atoms with Crippen molar-refractivity contribution in [2.24, 2.45) is 0 Å². The van der Waals surface area contributed by atoms with Crippen LogP contribution in [-0.4, -0.2) is 16.8 Å². The Morgan fingerprint density at radius 3 is 2.28 bits per heavy atom. The Hall–Kier alpha value is -3.03. The van der Waals surface area contributed by atoms with E-state index in [1.807, 2.05) is 49.4 Å². The van der Waals surface area contributed by atoms with Crippen molar-refractivity contribution >= 4 is 60.1 Å². The van der Waals surface area contributed by atoms with E-state index in [1.165, 1.54) is 11.3 Å². The van der Waals surface area contributed by atoms with Crippen molar-refractivity contribution in [3.05, 3.63) is 87.9 Å². The van der Waals surface area contributed by atoms with Gasteiger partial charge < -0.3 is 5.32 Å². The molecule has 0 spiro atoms. The minimum Gasteiger partial charge on any atom is -0.322 e. The van der Waals surface area contributed by atoms with E-state index in [0.717, 1.165) is 20.3 Å². The fourth-order valence-electron chi connectivity index (χ4n) is 2.89. The summed E-state index contributed by atoms with van der Waals surface area (Å²) in [6.07, 6.45) is 0. The highest BCUT2D eigenvalue weighted by atomic mass is 79.9. The van der Waals surface area contributed by atoms with Crippen LogP contribution in [0.4, 0.5) is 10.8 Å². The van der Waals surface area contributed by atoms with Gasteiger partial charge in [0.05, 0.1) is 10.2 Å². The van der Waals surface area contributed by atoms with Gasteiger partial charge in [0.15, 0.2) is 5.13 Å². The third-order valence-electron chi connectivity index (χ3n) is 4.31. The number of nitrogens with one attached hydrogen (secondary N) is 2. The molecule has 1 aromatic heterocycles. The molecule has 1 heterocycles. The number of carbonyl (C=O) groups is 2. The van der Waals surface area contributed by atoms with Crippen LogP contribution in [0.1, 0.15) is 26.3 Å². The molecule has 0 aliphatic rings. The summed E-state index contributed by atoms with van der Waals surface area (Å²) in [5, 5.41) is 6.29. The lowest BCUT2D eigenvalue weighted by atomic mass is 10.1. The van der Waals surface area contributed by atoms with Gasteiger partial charge in [0.1, 0.15) is 0 Å². The van der Waals surface area contributed by atoms with E-state index in [2.05, 4.69) is 31.5 Å². The number of hydrogen-bond donors (Lipinski definition) is 2. The number of halogens is 1. The first-order chi connectivity index (χ1) is 14.0. The van der Waals surface area contributed by atoms with Crippen LogP contribution in [0, 0.1) is 6.92 Å². The summed E-state index contributed by atoms with van der Waals surface area (Å²) >= 11 is 4.74. The highest BCUT2D eigenvalue weighted by molar-refractivity contribution is 9.10. The zero-order valence-corrected chi connectivity index (χ0v) is 17.8. The zero-order chi connectivity index (χ0) is 20.4. The standard InChI is InChI=1S/C22H16BrN3O2S/c1-13-11-17(24-20(27)15-7-9-16(23)10-8-15)12-18-19(13)25-22(29-18)26-21(28)14-5-3-2-4-6-14/h2-12H,1H3,(H,24,27)(H,25,26,28). The molecular weight excluding hydrogens is 450 g/mol. The van der Waals surface area contributed by atoms with E-state index in [-0.39, 0.29) is 11.8 Å². The summed E-state index contributed by atoms with van der Waals surface area (Å²) in [5.41, 5.74) is 3.56. The first-order valence-corrected chi connectivity index (χ1v) is 10.4. The minimum atomic E-state index is -0.203. The Balaban J connectivity index is 1.56. The molecule has 2 N–H and O–H groups in total. The largest absolute Gasteiger partial charge is 0.322 e. The molecule has 0 atom stereocenters. The highest BCUT2D eigenvalue weighted by Gasteiger charge is 2.13. The average molecular weight is 466 g/mol. The number of aromatic nitrogens is 1. The number of fused-ring (bicyclic) bond motifs is 1. The Kier molecular flexibility index (Phi) is 5.42. The second-order valence-electron chi connectivity index (χ2n) is 6.44. The second kappa shape index (κ2) is 8.14. The maximum Gasteiger partial charge on any atom is 0.257 e. The number of anilines is 2. The van der Waals surface area contributed by atoms with Crippen molar-refractivity contribution in [3.8, 4) is 0 Å². The number of nitrogens with zero attached hydrogens (tertiary/aromatic N) is 1. The number of thiazole rings is 1. The van der Waals surface area contributed by atoms with Gasteiger partial charge in [-0.05, 0) is 61.0 Å². The van der Waals surface area contributed by atoms with E-state index in [4.69, 9.17) is 0 Å². The van der Waals surface area contributed by atoms with Crippen LogP contribution in [0.3, 0.4) is 0 Å². The van der Waals surface area contributed by atoms with Crippen LogP contribution >= 0.6 is 27.3 Å². The van der Waals surface area contributed by atoms with Crippen LogP contribution < -0.4 is 10.6 Å². The summed E-state index contributed by atoms with van der Waals surface area (Å²) in [6.45, 7) is 1.93. The van der Waals surface area contributed by atoms with Gasteiger partial charge in [0, 0.05) is 21.3 Å². The number of hydrogen-bond acceptors (Lipinski definition) is 4. The summed E-state index contributed by atoms with van der Waals surface area (Å²) in [5.74, 6) is -0.385. The van der Waals surface area contributed by atoms with Crippen molar-refractivity contribution < 1.29 is 9.59 Å². The molecule has 4 rings (SSSR count). The van der Waals surface area contributed by atoms with Gasteiger partial charge >= 0.3 is 0 Å². The molecule has 0 radical (unpaired) electrons. The predicted octanol–water partition coefficient (Wildman–Crippen LogP) is 5.87. The molecule has 4 aromatic rings. The van der Waals surface area contributed by atoms with E-state index >= 15 is 0 Å². The number of aryl methyl sites for hydroxylation is 1. The predicted molar refractivity (Wildman–Crippen MR) is 121 cm³/mol. The van der Waals surface area contributed by atoms with Gasteiger partial charge in [-0.2, -0.15) is 0 Å². The van der Waals surface area contributed by atoms with Gasteiger partial charge in [0.2, 0.25) is 0 Å². The lowest BCUT2D eigenvalue weighted by Gasteiger charge is -2.07. The van der Waals surface area contributed by atoms with Crippen molar-refractivity contribution in [2.45, 2.75) is 6.92 Å². The lowest BCUT2D eigenvalue weighted by molar-refractivity contribution is 0.101. The number of carbonyl (C=O) groups excluding carboxylic acids is 2. The Labute approximate surface area is 179 Å². The van der Waals surface area contributed by atoms with E-state index in [0.29, 0.717) is 21.9 Å². The summed E-state index contributed by atoms with van der Waals surface area (Å²) < 4.78 is 1.81. The van der Waals surface area contributed by atoms with Gasteiger partial charge in [-0.1, -0.05) is 45.5 Å². The van der Waals surface area contributed by atoms with Crippen LogP contribution in [0.2, 0.25) is 0 Å². The lowest BCUT2D eigenvalue weighted by Crippen LogP contribution is -2.11. The monoisotopic (exact) mass is 465 g/mol. The molecule has 2 amide bonds. The van der Waals surface area contributed by atoms with Gasteiger partial charge in [-0.3, -0.25) is 14.9 Å². The van der Waals surface area contributed by atoms with Crippen molar-refractivity contribution in [2.75, 3.05) is 10.6 Å². The second-order valence-corrected chi connectivity index (χ2v) is 8.39. The average Bonchev–Trinajstić information content (AvgIpc) is 3.12. The SMILES string of the molecule is Cc1cc(NC(=O)c2ccc(Br)cc2)cc2sc(NC(=O)c3ccccc3)nc12. The maximum absolute atomic E-state index is 12.5. The zero-order valence-electron chi connectivity index (χ0n) is 15.4. The third kappa shape index (κ3) is 4.36. The van der Waals surface area contributed by atoms with E-state index in [9.17, 15) is 9.59 Å². The quantitative estimate of drug-likeness (QED) is 0.395. The van der Waals surface area contributed by atoms with Crippen molar-refractivity contribution in [3.63, 3.8) is 0 Å². The van der Waals surface area contributed by atoms with Crippen molar-refractivity contribution in [1.82, 2.24) is 4.98 Å². The molecule has 0 bridgehead atoms. The molecule has 0 fully saturated rings. The summed E-state index contributed by atoms with van der Waals surface area (Å²) in [7, 11) is 0. The normalized spacial score (nSPS) is 10.7. The molecule has 29 heavy (non-hydrogen) atoms. The van der Waals surface area contributed by atoms with Crippen LogP contribution in [0.5, 0.6) is 0 Å². The molecule has 3 aromatic carbocycles. The molecule has 5 nitrogen and oxygen atoms in total. The molecule has 0 saturated heterocycles. The third-order valence-corrected chi connectivity index (χ3v) is 5.75. The highest BCUT2D eigenvalue weighted by Crippen LogP contribution is 2.31. The van der Waals surface area contributed by atoms with Crippen LogP contribution in [0.15, 0.2) is 71.2 Å². The fourth-order valence-corrected chi connectivity index (χ4v) is 4.13. The first-order valence-electron chi connectivity index (χ1n) is 8.84. The van der Waals surface area contributed by atoms with E-state index in [1.54, 1.807) is 24.3 Å². The molecular formula is C22H16BrN3O2S. The minimum absolute atomic E-state index is 0.182. The number of amides is 2. The maximum atomic E-state index is 12.5. The Morgan fingerprint density at radius 1 is 0.897 bits per heavy atom. The first kappa shape index (κ1) is 19.3. The van der Waals surface area contributed by atoms with Gasteiger partial charge in [0.25, 0.3) is 11.8 Å².